The van der Waals surface area contributed by atoms with Gasteiger partial charge >= 0.3 is 0 Å². The number of carbonyl (C=O) groups excluding carboxylic acids is 2. The molecule has 3 saturated carbocycles. The van der Waals surface area contributed by atoms with E-state index in [0.717, 1.165) is 6.42 Å². The summed E-state index contributed by atoms with van der Waals surface area (Å²) in [5, 5.41) is 37.9. The van der Waals surface area contributed by atoms with E-state index in [2.05, 4.69) is 26.1 Å². The molecule has 232 valence electrons. The number of carbonyl (C=O) groups is 2. The fourth-order valence-electron chi connectivity index (χ4n) is 7.51. The fraction of sp³-hybridized carbons (Fsp3) is 0.562. The second-order valence-electron chi connectivity index (χ2n) is 13.3. The zero-order valence-electron chi connectivity index (χ0n) is 25.6. The highest BCUT2D eigenvalue weighted by Gasteiger charge is 2.57. The molecule has 0 aromatic heterocycles. The van der Waals surface area contributed by atoms with Crippen molar-refractivity contribution >= 4 is 17.5 Å². The maximum Gasteiger partial charge on any atom is 0.277 e. The highest BCUT2D eigenvalue weighted by Crippen LogP contribution is 2.61. The summed E-state index contributed by atoms with van der Waals surface area (Å²) in [5.41, 5.74) is 1.86. The Morgan fingerprint density at radius 1 is 1.21 bits per heavy atom. The number of rotatable bonds is 8. The molecule has 2 unspecified atom stereocenters. The molecule has 8 atom stereocenters. The topological polar surface area (TPSA) is 145 Å². The van der Waals surface area contributed by atoms with Crippen molar-refractivity contribution in [1.29, 1.82) is 0 Å². The number of nitro groups is 1. The van der Waals surface area contributed by atoms with Gasteiger partial charge in [-0.2, -0.15) is 5.06 Å². The second kappa shape index (κ2) is 11.6. The molecular formula is C32H42N4O7. The van der Waals surface area contributed by atoms with E-state index >= 15 is 0 Å². The van der Waals surface area contributed by atoms with Gasteiger partial charge in [-0.05, 0) is 72.3 Å². The van der Waals surface area contributed by atoms with Crippen molar-refractivity contribution in [2.24, 2.45) is 29.1 Å². The molecule has 4 aliphatic rings. The SMILES string of the molecule is C[C@@H]1[C@@H](NC(=O)C2[C@H]([C@H](C)O)C(O)ON2Cc2cccc(-c3ccc(C(=O)N(C)C)cc3[N+](=O)[O-])c2)C[C@H]2C[C@@H]1C2(C)C. The van der Waals surface area contributed by atoms with Gasteiger partial charge in [0.1, 0.15) is 6.04 Å². The van der Waals surface area contributed by atoms with Crippen LogP contribution in [-0.2, 0) is 16.2 Å². The summed E-state index contributed by atoms with van der Waals surface area (Å²) in [7, 11) is 3.16. The van der Waals surface area contributed by atoms with Gasteiger partial charge in [0.15, 0.2) is 6.29 Å². The van der Waals surface area contributed by atoms with Gasteiger partial charge in [-0.3, -0.25) is 24.5 Å². The quantitative estimate of drug-likeness (QED) is 0.311. The first kappa shape index (κ1) is 31.1. The van der Waals surface area contributed by atoms with Gasteiger partial charge in [0, 0.05) is 31.8 Å². The number of nitro benzene ring substituents is 1. The minimum Gasteiger partial charge on any atom is -0.393 e. The van der Waals surface area contributed by atoms with E-state index in [1.54, 1.807) is 50.5 Å². The largest absolute Gasteiger partial charge is 0.393 e. The van der Waals surface area contributed by atoms with Crippen molar-refractivity contribution in [1.82, 2.24) is 15.3 Å². The van der Waals surface area contributed by atoms with Crippen LogP contribution in [0.25, 0.3) is 11.1 Å². The van der Waals surface area contributed by atoms with Gasteiger partial charge in [-0.15, -0.1) is 0 Å². The zero-order chi connectivity index (χ0) is 31.4. The molecule has 0 radical (unpaired) electrons. The molecule has 1 heterocycles. The number of benzene rings is 2. The fourth-order valence-corrected chi connectivity index (χ4v) is 7.51. The van der Waals surface area contributed by atoms with Crippen LogP contribution in [0.5, 0.6) is 0 Å². The number of amides is 2. The number of hydroxylamine groups is 2. The zero-order valence-corrected chi connectivity index (χ0v) is 25.6. The Labute approximate surface area is 251 Å². The molecule has 2 aromatic carbocycles. The highest BCUT2D eigenvalue weighted by molar-refractivity contribution is 5.95. The van der Waals surface area contributed by atoms with Gasteiger partial charge in [-0.25, -0.2) is 0 Å². The minimum absolute atomic E-state index is 0.00439. The molecule has 1 aliphatic heterocycles. The minimum atomic E-state index is -1.38. The first-order valence-corrected chi connectivity index (χ1v) is 14.9. The summed E-state index contributed by atoms with van der Waals surface area (Å²) in [6, 6.07) is 10.5. The van der Waals surface area contributed by atoms with Gasteiger partial charge in [0.2, 0.25) is 5.91 Å². The molecular weight excluding hydrogens is 552 g/mol. The average Bonchev–Trinajstić information content (AvgIpc) is 3.28. The van der Waals surface area contributed by atoms with Crippen molar-refractivity contribution < 1.29 is 29.6 Å². The summed E-state index contributed by atoms with van der Waals surface area (Å²) in [6.45, 7) is 8.41. The Hall–Kier alpha value is -3.38. The van der Waals surface area contributed by atoms with Crippen LogP contribution in [0.1, 0.15) is 56.5 Å². The van der Waals surface area contributed by atoms with Crippen molar-refractivity contribution in [3.8, 4) is 11.1 Å². The molecule has 0 spiro atoms. The summed E-state index contributed by atoms with van der Waals surface area (Å²) in [5.74, 6) is -0.111. The van der Waals surface area contributed by atoms with Crippen LogP contribution in [-0.4, -0.2) is 75.5 Å². The predicted molar refractivity (Wildman–Crippen MR) is 159 cm³/mol. The lowest BCUT2D eigenvalue weighted by Gasteiger charge is -2.62. The van der Waals surface area contributed by atoms with E-state index < -0.39 is 29.3 Å². The molecule has 1 saturated heterocycles. The lowest BCUT2D eigenvalue weighted by molar-refractivity contribution is -0.384. The summed E-state index contributed by atoms with van der Waals surface area (Å²) in [6.07, 6.45) is -0.314. The van der Waals surface area contributed by atoms with Gasteiger partial charge in [0.05, 0.1) is 29.1 Å². The number of aliphatic hydroxyl groups excluding tert-OH is 2. The molecule has 2 aromatic rings. The van der Waals surface area contributed by atoms with E-state index in [0.29, 0.717) is 34.4 Å². The number of nitrogens with one attached hydrogen (secondary N) is 1. The molecule has 11 nitrogen and oxygen atoms in total. The van der Waals surface area contributed by atoms with Crippen LogP contribution in [0.2, 0.25) is 0 Å². The standard InChI is InChI=1S/C32H42N4O7/c1-17-24-14-22(32(24,3)4)15-25(17)33-29(38)28-27(18(2)37)31(40)43-35(28)16-19-8-7-9-20(12-19)23-11-10-21(30(39)34(5)6)13-26(23)36(41)42/h7-13,17-18,22,24-25,27-28,31,37,40H,14-16H2,1-6H3,(H,33,38)/t17-,18-,22+,24-,25-,27-,28?,31?/m0/s1. The molecule has 11 heteroatoms. The van der Waals surface area contributed by atoms with Crippen LogP contribution in [0, 0.1) is 39.2 Å². The van der Waals surface area contributed by atoms with E-state index in [-0.39, 0.29) is 41.1 Å². The first-order valence-electron chi connectivity index (χ1n) is 14.9. The van der Waals surface area contributed by atoms with Gasteiger partial charge in [0.25, 0.3) is 11.6 Å². The normalized spacial score (nSPS) is 30.3. The number of aliphatic hydroxyl groups is 2. The Kier molecular flexibility index (Phi) is 8.38. The third-order valence-electron chi connectivity index (χ3n) is 10.2. The van der Waals surface area contributed by atoms with Crippen LogP contribution >= 0.6 is 0 Å². The Bertz CT molecular complexity index is 1410. The van der Waals surface area contributed by atoms with Crippen molar-refractivity contribution in [2.45, 2.75) is 71.6 Å². The highest BCUT2D eigenvalue weighted by atomic mass is 16.8. The van der Waals surface area contributed by atoms with Crippen LogP contribution < -0.4 is 5.32 Å². The molecule has 43 heavy (non-hydrogen) atoms. The van der Waals surface area contributed by atoms with E-state index in [9.17, 15) is 29.9 Å². The Balaban J connectivity index is 1.38. The third kappa shape index (κ3) is 5.66. The molecule has 4 fully saturated rings. The summed E-state index contributed by atoms with van der Waals surface area (Å²) >= 11 is 0. The molecule has 6 rings (SSSR count). The number of fused-ring (bicyclic) bond motifs is 2. The van der Waals surface area contributed by atoms with Crippen molar-refractivity contribution in [3.63, 3.8) is 0 Å². The summed E-state index contributed by atoms with van der Waals surface area (Å²) in [4.78, 5) is 44.7. The lowest BCUT2D eigenvalue weighted by atomic mass is 9.45. The van der Waals surface area contributed by atoms with E-state index in [1.807, 2.05) is 0 Å². The lowest BCUT2D eigenvalue weighted by Crippen LogP contribution is -2.62. The monoisotopic (exact) mass is 594 g/mol. The van der Waals surface area contributed by atoms with Crippen LogP contribution in [0.3, 0.4) is 0 Å². The first-order chi connectivity index (χ1) is 20.2. The maximum absolute atomic E-state index is 13.8. The number of nitrogens with zero attached hydrogens (tertiary/aromatic N) is 3. The maximum atomic E-state index is 13.8. The van der Waals surface area contributed by atoms with E-state index in [1.165, 1.54) is 29.4 Å². The third-order valence-corrected chi connectivity index (χ3v) is 10.2. The Morgan fingerprint density at radius 3 is 2.53 bits per heavy atom. The van der Waals surface area contributed by atoms with Gasteiger partial charge < -0.3 is 20.4 Å². The van der Waals surface area contributed by atoms with Gasteiger partial charge in [-0.1, -0.05) is 39.0 Å². The molecule has 2 bridgehead atoms. The summed E-state index contributed by atoms with van der Waals surface area (Å²) < 4.78 is 0. The van der Waals surface area contributed by atoms with E-state index in [4.69, 9.17) is 4.84 Å². The molecule has 3 N–H and O–H groups in total. The predicted octanol–water partition coefficient (Wildman–Crippen LogP) is 3.58. The van der Waals surface area contributed by atoms with Crippen LogP contribution in [0.4, 0.5) is 5.69 Å². The molecule has 3 aliphatic carbocycles. The number of hydrogen-bond donors (Lipinski definition) is 3. The molecule has 2 amide bonds. The Morgan fingerprint density at radius 2 is 1.93 bits per heavy atom. The van der Waals surface area contributed by atoms with Crippen molar-refractivity contribution in [3.05, 3.63) is 63.7 Å². The number of hydrogen-bond acceptors (Lipinski definition) is 8. The van der Waals surface area contributed by atoms with Crippen LogP contribution in [0.15, 0.2) is 42.5 Å². The second-order valence-corrected chi connectivity index (χ2v) is 13.3. The smallest absolute Gasteiger partial charge is 0.277 e. The average molecular weight is 595 g/mol. The van der Waals surface area contributed by atoms with Crippen molar-refractivity contribution in [2.75, 3.05) is 14.1 Å².